The molecule has 1 amide bonds. The summed E-state index contributed by atoms with van der Waals surface area (Å²) in [7, 11) is 1.62. The van der Waals surface area contributed by atoms with E-state index in [1.54, 1.807) is 31.4 Å². The predicted octanol–water partition coefficient (Wildman–Crippen LogP) is 4.91. The Morgan fingerprint density at radius 3 is 2.56 bits per heavy atom. The van der Waals surface area contributed by atoms with Crippen molar-refractivity contribution >= 4 is 39.8 Å². The fourth-order valence-corrected chi connectivity index (χ4v) is 4.87. The quantitative estimate of drug-likeness (QED) is 0.546. The second-order valence-corrected chi connectivity index (χ2v) is 8.72. The number of nitrogens with one attached hydrogen (secondary N) is 1. The Morgan fingerprint density at radius 2 is 1.85 bits per heavy atom. The Hall–Kier alpha value is -3.98. The van der Waals surface area contributed by atoms with Gasteiger partial charge >= 0.3 is 0 Å². The fourth-order valence-electron chi connectivity index (χ4n) is 3.95. The van der Waals surface area contributed by atoms with Crippen molar-refractivity contribution in [1.29, 1.82) is 5.41 Å². The number of aliphatic imine (C=N–C) groups is 1. The Bertz CT molecular complexity index is 1440. The van der Waals surface area contributed by atoms with Crippen molar-refractivity contribution in [3.05, 3.63) is 88.5 Å². The summed E-state index contributed by atoms with van der Waals surface area (Å²) in [4.78, 5) is 16.9. The van der Waals surface area contributed by atoms with Gasteiger partial charge in [-0.3, -0.25) is 10.2 Å². The standard InChI is InChI=1S/C25H20FN5O2S/c1-14-12-16(15(2)30(14)17-8-10-18(33-3)11-9-17)13-20-22(27)31-25(28-23(20)32)34-24(29-31)19-6-4-5-7-21(19)26/h4-13,27H,1-3H3. The molecule has 1 aromatic heterocycles. The van der Waals surface area contributed by atoms with Crippen molar-refractivity contribution in [2.45, 2.75) is 13.8 Å². The van der Waals surface area contributed by atoms with Gasteiger partial charge < -0.3 is 9.30 Å². The predicted molar refractivity (Wildman–Crippen MR) is 132 cm³/mol. The largest absolute Gasteiger partial charge is 0.497 e. The van der Waals surface area contributed by atoms with Gasteiger partial charge in [-0.05, 0) is 79.7 Å². The Morgan fingerprint density at radius 1 is 1.12 bits per heavy atom. The minimum absolute atomic E-state index is 0.0944. The smallest absolute Gasteiger partial charge is 0.283 e. The van der Waals surface area contributed by atoms with Gasteiger partial charge in [0.05, 0.1) is 12.7 Å². The number of hydrogen-bond acceptors (Lipinski definition) is 5. The summed E-state index contributed by atoms with van der Waals surface area (Å²) in [6.45, 7) is 3.93. The van der Waals surface area contributed by atoms with Gasteiger partial charge in [0, 0.05) is 22.6 Å². The minimum atomic E-state index is -0.525. The van der Waals surface area contributed by atoms with E-state index in [0.29, 0.717) is 10.6 Å². The van der Waals surface area contributed by atoms with E-state index < -0.39 is 11.7 Å². The molecular weight excluding hydrogens is 453 g/mol. The van der Waals surface area contributed by atoms with Crippen LogP contribution in [0, 0.1) is 25.1 Å². The number of fused-ring (bicyclic) bond motifs is 1. The van der Waals surface area contributed by atoms with Crippen molar-refractivity contribution in [3.63, 3.8) is 0 Å². The number of benzene rings is 2. The van der Waals surface area contributed by atoms with Gasteiger partial charge in [-0.1, -0.05) is 12.1 Å². The number of hydrogen-bond donors (Lipinski definition) is 1. The molecular formula is C25H20FN5O2S. The number of amidine groups is 2. The first kappa shape index (κ1) is 21.8. The van der Waals surface area contributed by atoms with Crippen LogP contribution in [0.15, 0.2) is 70.3 Å². The molecule has 0 atom stereocenters. The molecule has 3 aromatic rings. The molecule has 0 saturated carbocycles. The summed E-state index contributed by atoms with van der Waals surface area (Å²) in [6.07, 6.45) is 1.66. The first-order chi connectivity index (χ1) is 16.4. The van der Waals surface area contributed by atoms with E-state index in [2.05, 4.69) is 14.7 Å². The summed E-state index contributed by atoms with van der Waals surface area (Å²) in [6, 6.07) is 15.9. The molecule has 2 aliphatic heterocycles. The highest BCUT2D eigenvalue weighted by atomic mass is 32.2. The molecule has 2 aromatic carbocycles. The van der Waals surface area contributed by atoms with E-state index >= 15 is 0 Å². The molecule has 0 radical (unpaired) electrons. The number of hydrazone groups is 1. The van der Waals surface area contributed by atoms with Crippen LogP contribution in [0.3, 0.4) is 0 Å². The van der Waals surface area contributed by atoms with Crippen LogP contribution in [-0.2, 0) is 4.79 Å². The number of aromatic nitrogens is 1. The maximum atomic E-state index is 14.2. The summed E-state index contributed by atoms with van der Waals surface area (Å²) in [5, 5.41) is 14.9. The molecule has 5 rings (SSSR count). The Kier molecular flexibility index (Phi) is 5.41. The third-order valence-electron chi connectivity index (χ3n) is 5.66. The zero-order valence-electron chi connectivity index (χ0n) is 18.7. The lowest BCUT2D eigenvalue weighted by Crippen LogP contribution is -2.35. The van der Waals surface area contributed by atoms with Crippen molar-refractivity contribution in [3.8, 4) is 11.4 Å². The molecule has 3 heterocycles. The monoisotopic (exact) mass is 473 g/mol. The normalized spacial score (nSPS) is 16.6. The zero-order valence-corrected chi connectivity index (χ0v) is 19.5. The number of nitrogens with zero attached hydrogens (tertiary/aromatic N) is 4. The van der Waals surface area contributed by atoms with Crippen molar-refractivity contribution in [1.82, 2.24) is 9.58 Å². The van der Waals surface area contributed by atoms with Crippen LogP contribution in [0.4, 0.5) is 4.39 Å². The van der Waals surface area contributed by atoms with Gasteiger partial charge in [-0.15, -0.1) is 0 Å². The second-order valence-electron chi connectivity index (χ2n) is 7.76. The van der Waals surface area contributed by atoms with Gasteiger partial charge in [-0.2, -0.15) is 15.1 Å². The summed E-state index contributed by atoms with van der Waals surface area (Å²) >= 11 is 1.07. The first-order valence-electron chi connectivity index (χ1n) is 10.5. The highest BCUT2D eigenvalue weighted by molar-refractivity contribution is 8.27. The lowest BCUT2D eigenvalue weighted by Gasteiger charge is -2.20. The molecule has 0 saturated heterocycles. The molecule has 1 N–H and O–H groups in total. The molecule has 34 heavy (non-hydrogen) atoms. The lowest BCUT2D eigenvalue weighted by atomic mass is 10.1. The number of thioether (sulfide) groups is 1. The van der Waals surface area contributed by atoms with Crippen LogP contribution in [-0.4, -0.2) is 38.6 Å². The fraction of sp³-hybridized carbons (Fsp3) is 0.120. The van der Waals surface area contributed by atoms with Crippen LogP contribution >= 0.6 is 11.8 Å². The van der Waals surface area contributed by atoms with Crippen LogP contribution in [0.2, 0.25) is 0 Å². The van der Waals surface area contributed by atoms with Gasteiger partial charge in [0.15, 0.2) is 5.84 Å². The number of methoxy groups -OCH3 is 1. The molecule has 0 fully saturated rings. The van der Waals surface area contributed by atoms with Gasteiger partial charge in [0.2, 0.25) is 5.17 Å². The van der Waals surface area contributed by atoms with Crippen LogP contribution in [0.25, 0.3) is 11.8 Å². The summed E-state index contributed by atoms with van der Waals surface area (Å²) < 4.78 is 21.5. The van der Waals surface area contributed by atoms with Crippen molar-refractivity contribution in [2.75, 3.05) is 7.11 Å². The molecule has 9 heteroatoms. The van der Waals surface area contributed by atoms with E-state index in [9.17, 15) is 9.18 Å². The molecule has 0 spiro atoms. The van der Waals surface area contributed by atoms with E-state index in [-0.39, 0.29) is 16.6 Å². The number of carbonyl (C=O) groups excluding carboxylic acids is 1. The Labute approximate surface area is 199 Å². The maximum Gasteiger partial charge on any atom is 0.283 e. The molecule has 0 unspecified atom stereocenters. The number of rotatable bonds is 4. The van der Waals surface area contributed by atoms with E-state index in [1.807, 2.05) is 44.2 Å². The molecule has 0 bridgehead atoms. The average molecular weight is 474 g/mol. The highest BCUT2D eigenvalue weighted by Gasteiger charge is 2.36. The topological polar surface area (TPSA) is 83.0 Å². The second kappa shape index (κ2) is 8.42. The zero-order chi connectivity index (χ0) is 24.0. The van der Waals surface area contributed by atoms with Gasteiger partial charge in [0.25, 0.3) is 5.91 Å². The SMILES string of the molecule is COc1ccc(-n2c(C)cc(C=C3C(=N)N4N=C(c5ccccc5F)SC4=NC3=O)c2C)cc1. The number of amides is 1. The van der Waals surface area contributed by atoms with Crippen molar-refractivity contribution in [2.24, 2.45) is 10.1 Å². The minimum Gasteiger partial charge on any atom is -0.497 e. The van der Waals surface area contributed by atoms with Gasteiger partial charge in [-0.25, -0.2) is 4.39 Å². The number of carbonyl (C=O) groups is 1. The average Bonchev–Trinajstić information content (AvgIpc) is 3.37. The third-order valence-corrected chi connectivity index (χ3v) is 6.60. The van der Waals surface area contributed by atoms with Crippen molar-refractivity contribution < 1.29 is 13.9 Å². The number of halogens is 1. The van der Waals surface area contributed by atoms with Crippen LogP contribution in [0.5, 0.6) is 5.75 Å². The van der Waals surface area contributed by atoms with Gasteiger partial charge in [0.1, 0.15) is 16.6 Å². The molecule has 7 nitrogen and oxygen atoms in total. The third kappa shape index (κ3) is 3.63. The molecule has 170 valence electrons. The first-order valence-corrected chi connectivity index (χ1v) is 11.3. The van der Waals surface area contributed by atoms with Crippen LogP contribution < -0.4 is 4.74 Å². The lowest BCUT2D eigenvalue weighted by molar-refractivity contribution is -0.114. The molecule has 0 aliphatic carbocycles. The summed E-state index contributed by atoms with van der Waals surface area (Å²) in [5.74, 6) is -0.276. The molecule has 2 aliphatic rings. The van der Waals surface area contributed by atoms with E-state index in [1.165, 1.54) is 11.1 Å². The van der Waals surface area contributed by atoms with Crippen LogP contribution in [0.1, 0.15) is 22.5 Å². The van der Waals surface area contributed by atoms with E-state index in [0.717, 1.165) is 40.2 Å². The highest BCUT2D eigenvalue weighted by Crippen LogP contribution is 2.32. The Balaban J connectivity index is 1.50. The summed E-state index contributed by atoms with van der Waals surface area (Å²) in [5.41, 5.74) is 4.07. The number of ether oxygens (including phenoxy) is 1. The maximum absolute atomic E-state index is 14.2. The number of aryl methyl sites for hydroxylation is 1. The van der Waals surface area contributed by atoms with E-state index in [4.69, 9.17) is 10.1 Å².